The molecule has 0 bridgehead atoms. The first kappa shape index (κ1) is 22.8. The average molecular weight is 517 g/mol. The van der Waals surface area contributed by atoms with E-state index in [1.165, 1.54) is 80.0 Å². The van der Waals surface area contributed by atoms with Gasteiger partial charge in [-0.1, -0.05) is 124 Å². The highest BCUT2D eigenvalue weighted by Crippen LogP contribution is 2.44. The van der Waals surface area contributed by atoms with Gasteiger partial charge in [-0.15, -0.1) is 11.3 Å². The molecule has 8 rings (SSSR count). The van der Waals surface area contributed by atoms with E-state index in [-0.39, 0.29) is 5.41 Å². The minimum atomic E-state index is 0.113. The molecule has 0 unspecified atom stereocenters. The van der Waals surface area contributed by atoms with Crippen molar-refractivity contribution in [2.24, 2.45) is 0 Å². The van der Waals surface area contributed by atoms with Crippen LogP contribution in [0, 0.1) is 0 Å². The van der Waals surface area contributed by atoms with Gasteiger partial charge in [0.05, 0.1) is 0 Å². The first-order valence-electron chi connectivity index (χ1n) is 13.7. The molecule has 39 heavy (non-hydrogen) atoms. The molecule has 186 valence electrons. The number of benzene rings is 7. The fourth-order valence-electron chi connectivity index (χ4n) is 6.34. The smallest absolute Gasteiger partial charge is 0.0434 e. The summed E-state index contributed by atoms with van der Waals surface area (Å²) >= 11 is 1.93. The quantitative estimate of drug-likeness (QED) is 0.190. The summed E-state index contributed by atoms with van der Waals surface area (Å²) in [6, 6.07) is 43.2. The van der Waals surface area contributed by atoms with Gasteiger partial charge in [0.2, 0.25) is 0 Å². The van der Waals surface area contributed by atoms with E-state index in [9.17, 15) is 0 Å². The van der Waals surface area contributed by atoms with E-state index in [2.05, 4.69) is 136 Å². The van der Waals surface area contributed by atoms with E-state index in [1.54, 1.807) is 0 Å². The summed E-state index contributed by atoms with van der Waals surface area (Å²) < 4.78 is 2.74. The Morgan fingerprint density at radius 1 is 0.436 bits per heavy atom. The third-order valence-electron chi connectivity index (χ3n) is 8.40. The van der Waals surface area contributed by atoms with Crippen LogP contribution in [-0.4, -0.2) is 0 Å². The minimum absolute atomic E-state index is 0.113. The van der Waals surface area contributed by atoms with E-state index in [1.807, 2.05) is 11.3 Å². The molecule has 7 aromatic carbocycles. The molecule has 0 fully saturated rings. The molecule has 1 aromatic heterocycles. The molecular formula is C38H28S. The summed E-state index contributed by atoms with van der Waals surface area (Å²) in [6.07, 6.45) is 0. The van der Waals surface area contributed by atoms with Gasteiger partial charge in [0, 0.05) is 20.2 Å². The number of hydrogen-bond acceptors (Lipinski definition) is 1. The molecule has 0 aliphatic carbocycles. The molecule has 0 N–H and O–H groups in total. The van der Waals surface area contributed by atoms with Gasteiger partial charge in [-0.25, -0.2) is 0 Å². The van der Waals surface area contributed by atoms with Crippen LogP contribution in [0.1, 0.15) is 26.3 Å². The van der Waals surface area contributed by atoms with Crippen LogP contribution in [0.15, 0.2) is 115 Å². The van der Waals surface area contributed by atoms with E-state index in [4.69, 9.17) is 0 Å². The second kappa shape index (κ2) is 8.15. The van der Waals surface area contributed by atoms with Crippen molar-refractivity contribution in [2.45, 2.75) is 26.2 Å². The second-order valence-corrected chi connectivity index (χ2v) is 12.8. The molecule has 0 atom stereocenters. The minimum Gasteiger partial charge on any atom is -0.134 e. The van der Waals surface area contributed by atoms with Crippen molar-refractivity contribution in [3.05, 3.63) is 121 Å². The topological polar surface area (TPSA) is 0 Å². The molecule has 0 radical (unpaired) electrons. The van der Waals surface area contributed by atoms with Crippen molar-refractivity contribution in [2.75, 3.05) is 0 Å². The fourth-order valence-corrected chi connectivity index (χ4v) is 7.72. The molecule has 0 aliphatic rings. The van der Waals surface area contributed by atoms with E-state index < -0.39 is 0 Å². The maximum absolute atomic E-state index is 2.42. The Kier molecular flexibility index (Phi) is 4.75. The summed E-state index contributed by atoms with van der Waals surface area (Å²) in [5.41, 5.74) is 4.08. The van der Waals surface area contributed by atoms with Gasteiger partial charge in [-0.3, -0.25) is 0 Å². The Hall–Kier alpha value is -4.20. The van der Waals surface area contributed by atoms with Crippen LogP contribution >= 0.6 is 11.3 Å². The van der Waals surface area contributed by atoms with Gasteiger partial charge in [-0.05, 0) is 77.3 Å². The normalized spacial score (nSPS) is 12.5. The maximum Gasteiger partial charge on any atom is 0.0434 e. The maximum atomic E-state index is 2.42. The lowest BCUT2D eigenvalue weighted by molar-refractivity contribution is 0.591. The summed E-state index contributed by atoms with van der Waals surface area (Å²) in [5, 5.41) is 13.3. The Bertz CT molecular complexity index is 2240. The van der Waals surface area contributed by atoms with E-state index in [0.717, 1.165) is 0 Å². The van der Waals surface area contributed by atoms with Crippen LogP contribution in [0.5, 0.6) is 0 Å². The van der Waals surface area contributed by atoms with Crippen molar-refractivity contribution in [3.63, 3.8) is 0 Å². The highest BCUT2D eigenvalue weighted by atomic mass is 32.1. The molecule has 1 heterocycles. The number of thiophene rings is 1. The van der Waals surface area contributed by atoms with Crippen molar-refractivity contribution >= 4 is 74.6 Å². The third kappa shape index (κ3) is 3.36. The van der Waals surface area contributed by atoms with Gasteiger partial charge < -0.3 is 0 Å². The Balaban J connectivity index is 1.43. The van der Waals surface area contributed by atoms with Crippen LogP contribution in [0.2, 0.25) is 0 Å². The van der Waals surface area contributed by atoms with Crippen molar-refractivity contribution in [1.29, 1.82) is 0 Å². The molecule has 0 nitrogen and oxygen atoms in total. The SMILES string of the molecule is CC(C)(C)c1ccc2c3ccc(-c4cccc5c4sc4c6ccccc6ccc54)cc3c3ccccc3c2c1. The van der Waals surface area contributed by atoms with Crippen LogP contribution in [0.25, 0.3) is 74.4 Å². The van der Waals surface area contributed by atoms with Gasteiger partial charge in [-0.2, -0.15) is 0 Å². The summed E-state index contributed by atoms with van der Waals surface area (Å²) in [5.74, 6) is 0. The van der Waals surface area contributed by atoms with Crippen molar-refractivity contribution in [3.8, 4) is 11.1 Å². The lowest BCUT2D eigenvalue weighted by Crippen LogP contribution is -2.10. The Morgan fingerprint density at radius 3 is 1.79 bits per heavy atom. The lowest BCUT2D eigenvalue weighted by atomic mass is 9.84. The molecule has 0 amide bonds. The number of hydrogen-bond donors (Lipinski definition) is 0. The van der Waals surface area contributed by atoms with Gasteiger partial charge in [0.25, 0.3) is 0 Å². The highest BCUT2D eigenvalue weighted by Gasteiger charge is 2.17. The third-order valence-corrected chi connectivity index (χ3v) is 9.69. The number of fused-ring (bicyclic) bond motifs is 11. The van der Waals surface area contributed by atoms with Crippen LogP contribution < -0.4 is 0 Å². The van der Waals surface area contributed by atoms with E-state index >= 15 is 0 Å². The summed E-state index contributed by atoms with van der Waals surface area (Å²) in [7, 11) is 0. The molecule has 8 aromatic rings. The zero-order chi connectivity index (χ0) is 26.3. The van der Waals surface area contributed by atoms with E-state index in [0.29, 0.717) is 0 Å². The van der Waals surface area contributed by atoms with Gasteiger partial charge >= 0.3 is 0 Å². The summed E-state index contributed by atoms with van der Waals surface area (Å²) in [6.45, 7) is 6.88. The van der Waals surface area contributed by atoms with Gasteiger partial charge in [0.15, 0.2) is 0 Å². The molecule has 0 saturated heterocycles. The zero-order valence-electron chi connectivity index (χ0n) is 22.4. The molecule has 0 spiro atoms. The zero-order valence-corrected chi connectivity index (χ0v) is 23.2. The second-order valence-electron chi connectivity index (χ2n) is 11.8. The molecule has 0 saturated carbocycles. The van der Waals surface area contributed by atoms with Crippen LogP contribution in [0.3, 0.4) is 0 Å². The van der Waals surface area contributed by atoms with Crippen molar-refractivity contribution < 1.29 is 0 Å². The largest absolute Gasteiger partial charge is 0.134 e. The van der Waals surface area contributed by atoms with Gasteiger partial charge in [0.1, 0.15) is 0 Å². The predicted molar refractivity (Wildman–Crippen MR) is 173 cm³/mol. The van der Waals surface area contributed by atoms with Crippen molar-refractivity contribution in [1.82, 2.24) is 0 Å². The van der Waals surface area contributed by atoms with Crippen LogP contribution in [-0.2, 0) is 5.41 Å². The van der Waals surface area contributed by atoms with Crippen LogP contribution in [0.4, 0.5) is 0 Å². The first-order chi connectivity index (χ1) is 19.0. The number of rotatable bonds is 1. The fraction of sp³-hybridized carbons (Fsp3) is 0.105. The monoisotopic (exact) mass is 516 g/mol. The summed E-state index contributed by atoms with van der Waals surface area (Å²) in [4.78, 5) is 0. The average Bonchev–Trinajstić information content (AvgIpc) is 3.36. The lowest BCUT2D eigenvalue weighted by Gasteiger charge is -2.21. The molecular weight excluding hydrogens is 488 g/mol. The predicted octanol–water partition coefficient (Wildman–Crippen LogP) is 11.6. The molecule has 1 heteroatoms. The molecule has 0 aliphatic heterocycles. The standard InChI is InChI=1S/C38H28S/c1-38(2,3)25-17-20-31-30-18-16-24(21-34(30)28-11-6-7-12-29(28)35(31)22-25)27-13-8-14-32-33-19-15-23-9-4-5-10-26(23)36(33)39-37(27)32/h4-22H,1-3H3. The first-order valence-corrected chi connectivity index (χ1v) is 14.5. The Morgan fingerprint density at radius 2 is 1.03 bits per heavy atom. The Labute approximate surface area is 232 Å². The highest BCUT2D eigenvalue weighted by molar-refractivity contribution is 7.27.